The first-order chi connectivity index (χ1) is 16.0. The Morgan fingerprint density at radius 3 is 2.36 bits per heavy atom. The van der Waals surface area contributed by atoms with E-state index in [4.69, 9.17) is 12.2 Å². The molecule has 0 spiro atoms. The molecule has 1 saturated heterocycles. The van der Waals surface area contributed by atoms with Crippen LogP contribution in [0.1, 0.15) is 40.4 Å². The Kier molecular flexibility index (Phi) is 6.00. The summed E-state index contributed by atoms with van der Waals surface area (Å²) in [7, 11) is 0. The van der Waals surface area contributed by atoms with Gasteiger partial charge in [-0.15, -0.1) is 0 Å². The van der Waals surface area contributed by atoms with Crippen molar-refractivity contribution in [1.29, 1.82) is 0 Å². The third-order valence-corrected chi connectivity index (χ3v) is 7.01. The van der Waals surface area contributed by atoms with Crippen LogP contribution in [0.25, 0.3) is 5.69 Å². The van der Waals surface area contributed by atoms with Crippen molar-refractivity contribution in [3.8, 4) is 5.69 Å². The lowest BCUT2D eigenvalue weighted by Gasteiger charge is -2.28. The van der Waals surface area contributed by atoms with Crippen LogP contribution >= 0.6 is 28.1 Å². The second-order valence-electron chi connectivity index (χ2n) is 8.21. The normalized spacial score (nSPS) is 17.9. The molecule has 0 aliphatic carbocycles. The zero-order valence-electron chi connectivity index (χ0n) is 18.4. The summed E-state index contributed by atoms with van der Waals surface area (Å²) < 4.78 is 3.37. The molecule has 1 aliphatic heterocycles. The lowest BCUT2D eigenvalue weighted by atomic mass is 9.96. The van der Waals surface area contributed by atoms with Gasteiger partial charge in [0.1, 0.15) is 0 Å². The number of benzene rings is 1. The molecule has 0 radical (unpaired) electrons. The van der Waals surface area contributed by atoms with Gasteiger partial charge in [0.15, 0.2) is 5.11 Å². The van der Waals surface area contributed by atoms with Gasteiger partial charge in [-0.1, -0.05) is 28.1 Å². The second-order valence-corrected chi connectivity index (χ2v) is 9.52. The van der Waals surface area contributed by atoms with Gasteiger partial charge < -0.3 is 14.8 Å². The molecule has 33 heavy (non-hydrogen) atoms. The Morgan fingerprint density at radius 2 is 1.70 bits per heavy atom. The lowest BCUT2D eigenvalue weighted by Crippen LogP contribution is -2.29. The highest BCUT2D eigenvalue weighted by Gasteiger charge is 2.41. The van der Waals surface area contributed by atoms with Crippen molar-refractivity contribution in [3.05, 3.63) is 112 Å². The Labute approximate surface area is 207 Å². The van der Waals surface area contributed by atoms with Crippen molar-refractivity contribution >= 4 is 33.3 Å². The minimum absolute atomic E-state index is 0.00944. The zero-order valence-corrected chi connectivity index (χ0v) is 20.8. The second kappa shape index (κ2) is 9.08. The third kappa shape index (κ3) is 4.18. The molecule has 0 unspecified atom stereocenters. The maximum Gasteiger partial charge on any atom is 0.170 e. The van der Waals surface area contributed by atoms with Gasteiger partial charge >= 0.3 is 0 Å². The van der Waals surface area contributed by atoms with E-state index in [9.17, 15) is 0 Å². The van der Waals surface area contributed by atoms with Crippen LogP contribution in [0.2, 0.25) is 0 Å². The molecule has 5 nitrogen and oxygen atoms in total. The fourth-order valence-electron chi connectivity index (χ4n) is 4.66. The van der Waals surface area contributed by atoms with Crippen LogP contribution in [0.3, 0.4) is 0 Å². The van der Waals surface area contributed by atoms with Gasteiger partial charge in [-0.2, -0.15) is 0 Å². The topological polar surface area (TPSA) is 46.0 Å². The van der Waals surface area contributed by atoms with E-state index in [0.717, 1.165) is 26.7 Å². The van der Waals surface area contributed by atoms with Crippen LogP contribution in [-0.2, 0) is 6.54 Å². The number of thiocarbonyl (C=S) groups is 1. The van der Waals surface area contributed by atoms with Crippen LogP contribution in [0.5, 0.6) is 0 Å². The van der Waals surface area contributed by atoms with E-state index in [1.54, 1.807) is 0 Å². The lowest BCUT2D eigenvalue weighted by molar-refractivity contribution is 0.307. The van der Waals surface area contributed by atoms with E-state index in [1.165, 1.54) is 17.0 Å². The average Bonchev–Trinajstić information content (AvgIpc) is 3.31. The van der Waals surface area contributed by atoms with Gasteiger partial charge in [-0.25, -0.2) is 0 Å². The summed E-state index contributed by atoms with van der Waals surface area (Å²) in [6, 6.07) is 22.6. The van der Waals surface area contributed by atoms with Crippen LogP contribution in [0.4, 0.5) is 0 Å². The molecule has 0 saturated carbocycles. The molecule has 2 atom stereocenters. The van der Waals surface area contributed by atoms with Crippen molar-refractivity contribution in [3.63, 3.8) is 0 Å². The largest absolute Gasteiger partial charge is 0.352 e. The van der Waals surface area contributed by atoms with Crippen LogP contribution < -0.4 is 5.32 Å². The molecule has 1 aromatic carbocycles. The minimum Gasteiger partial charge on any atom is -0.352 e. The average molecular weight is 518 g/mol. The molecule has 1 N–H and O–H groups in total. The van der Waals surface area contributed by atoms with Crippen molar-refractivity contribution in [2.75, 3.05) is 0 Å². The van der Waals surface area contributed by atoms with Gasteiger partial charge in [0.25, 0.3) is 0 Å². The van der Waals surface area contributed by atoms with Gasteiger partial charge in [-0.05, 0) is 86.2 Å². The van der Waals surface area contributed by atoms with Crippen molar-refractivity contribution in [2.45, 2.75) is 32.5 Å². The fraction of sp³-hybridized carbons (Fsp3) is 0.192. The van der Waals surface area contributed by atoms with E-state index in [2.05, 4.69) is 90.9 Å². The highest BCUT2D eigenvalue weighted by Crippen LogP contribution is 2.42. The van der Waals surface area contributed by atoms with E-state index < -0.39 is 0 Å². The highest BCUT2D eigenvalue weighted by atomic mass is 79.9. The number of hydrogen-bond donors (Lipinski definition) is 1. The SMILES string of the molecule is Cc1cc([C@H]2[C@H](c3ccccn3)NC(=S)N2Cc2ccccn2)c(C)n1-c1ccc(Br)cc1. The summed E-state index contributed by atoms with van der Waals surface area (Å²) in [6.07, 6.45) is 3.66. The van der Waals surface area contributed by atoms with E-state index in [1.807, 2.05) is 42.7 Å². The molecule has 3 aromatic heterocycles. The first-order valence-corrected chi connectivity index (χ1v) is 12.1. The quantitative estimate of drug-likeness (QED) is 0.338. The molecule has 4 heterocycles. The molecular weight excluding hydrogens is 494 g/mol. The van der Waals surface area contributed by atoms with E-state index in [-0.39, 0.29) is 12.1 Å². The third-order valence-electron chi connectivity index (χ3n) is 6.13. The molecule has 0 amide bonds. The van der Waals surface area contributed by atoms with Crippen molar-refractivity contribution in [2.24, 2.45) is 0 Å². The number of hydrogen-bond acceptors (Lipinski definition) is 3. The summed E-state index contributed by atoms with van der Waals surface area (Å²) in [4.78, 5) is 11.5. The minimum atomic E-state index is -0.0544. The Bertz CT molecular complexity index is 1270. The summed E-state index contributed by atoms with van der Waals surface area (Å²) >= 11 is 9.37. The van der Waals surface area contributed by atoms with E-state index >= 15 is 0 Å². The van der Waals surface area contributed by atoms with Crippen LogP contribution in [0, 0.1) is 13.8 Å². The number of pyridine rings is 2. The first-order valence-electron chi connectivity index (χ1n) is 10.9. The van der Waals surface area contributed by atoms with Gasteiger partial charge in [0, 0.05) is 33.9 Å². The van der Waals surface area contributed by atoms with Gasteiger partial charge in [0.2, 0.25) is 0 Å². The Balaban J connectivity index is 1.61. The smallest absolute Gasteiger partial charge is 0.170 e. The molecule has 1 fully saturated rings. The predicted molar refractivity (Wildman–Crippen MR) is 138 cm³/mol. The number of halogens is 1. The maximum atomic E-state index is 5.83. The van der Waals surface area contributed by atoms with Crippen LogP contribution in [0.15, 0.2) is 83.6 Å². The Hall–Kier alpha value is -3.03. The number of aryl methyl sites for hydroxylation is 1. The standard InChI is InChI=1S/C26H24BrN5S/c1-17-15-22(18(2)32(17)21-11-9-19(27)10-12-21)25-24(23-8-4-6-14-29-23)30-26(33)31(25)16-20-7-3-5-13-28-20/h3-15,24-25H,16H2,1-2H3,(H,30,33)/t24-,25-/m0/s1. The number of nitrogens with zero attached hydrogens (tertiary/aromatic N) is 4. The maximum absolute atomic E-state index is 5.83. The Morgan fingerprint density at radius 1 is 0.970 bits per heavy atom. The monoisotopic (exact) mass is 517 g/mol. The highest BCUT2D eigenvalue weighted by molar-refractivity contribution is 9.10. The fourth-order valence-corrected chi connectivity index (χ4v) is 5.22. The number of rotatable bonds is 5. The van der Waals surface area contributed by atoms with Gasteiger partial charge in [0.05, 0.1) is 30.0 Å². The van der Waals surface area contributed by atoms with Gasteiger partial charge in [-0.3, -0.25) is 9.97 Å². The molecule has 0 bridgehead atoms. The zero-order chi connectivity index (χ0) is 22.9. The summed E-state index contributed by atoms with van der Waals surface area (Å²) in [6.45, 7) is 4.96. The molecule has 5 rings (SSSR count). The molecular formula is C26H24BrN5S. The van der Waals surface area contributed by atoms with Crippen LogP contribution in [-0.4, -0.2) is 24.5 Å². The first kappa shape index (κ1) is 21.8. The molecule has 166 valence electrons. The van der Waals surface area contributed by atoms with E-state index in [0.29, 0.717) is 6.54 Å². The molecule has 1 aliphatic rings. The number of nitrogens with one attached hydrogen (secondary N) is 1. The summed E-state index contributed by atoms with van der Waals surface area (Å²) in [5.74, 6) is 0. The summed E-state index contributed by atoms with van der Waals surface area (Å²) in [5.41, 5.74) is 6.70. The van der Waals surface area contributed by atoms with Crippen molar-refractivity contribution < 1.29 is 0 Å². The summed E-state index contributed by atoms with van der Waals surface area (Å²) in [5, 5.41) is 4.26. The number of aromatic nitrogens is 3. The molecule has 7 heteroatoms. The molecule has 4 aromatic rings. The van der Waals surface area contributed by atoms with Crippen molar-refractivity contribution in [1.82, 2.24) is 24.8 Å². The predicted octanol–water partition coefficient (Wildman–Crippen LogP) is 5.82.